The van der Waals surface area contributed by atoms with Crippen LogP contribution in [0.4, 0.5) is 0 Å². The van der Waals surface area contributed by atoms with Crippen LogP contribution in [-0.2, 0) is 0 Å². The van der Waals surface area contributed by atoms with Crippen LogP contribution in [-0.4, -0.2) is 18.0 Å². The predicted molar refractivity (Wildman–Crippen MR) is 78.3 cm³/mol. The maximum atomic E-state index is 12.2. The number of carbonyl (C=O) groups is 1. The first-order chi connectivity index (χ1) is 8.98. The van der Waals surface area contributed by atoms with Gasteiger partial charge in [-0.15, -0.1) is 0 Å². The van der Waals surface area contributed by atoms with Crippen molar-refractivity contribution < 1.29 is 4.79 Å². The van der Waals surface area contributed by atoms with Crippen LogP contribution in [0, 0.1) is 13.8 Å². The molecule has 0 heterocycles. The molecule has 1 aliphatic carbocycles. The summed E-state index contributed by atoms with van der Waals surface area (Å²) in [5, 5.41) is 3.00. The van der Waals surface area contributed by atoms with Crippen molar-refractivity contribution in [2.75, 3.05) is 6.54 Å². The second-order valence-electron chi connectivity index (χ2n) is 5.98. The lowest BCUT2D eigenvalue weighted by molar-refractivity contribution is 0.0937. The van der Waals surface area contributed by atoms with E-state index in [9.17, 15) is 4.79 Å². The first-order valence-corrected chi connectivity index (χ1v) is 7.14. The predicted octanol–water partition coefficient (Wildman–Crippen LogP) is 2.69. The van der Waals surface area contributed by atoms with Gasteiger partial charge in [-0.3, -0.25) is 4.79 Å². The minimum absolute atomic E-state index is 0.0119. The zero-order valence-electron chi connectivity index (χ0n) is 12.0. The molecule has 0 unspecified atom stereocenters. The molecule has 1 aliphatic rings. The molecule has 2 rings (SSSR count). The van der Waals surface area contributed by atoms with E-state index in [0.717, 1.165) is 29.5 Å². The Morgan fingerprint density at radius 1 is 1.16 bits per heavy atom. The average Bonchev–Trinajstić information content (AvgIpc) is 2.36. The third-order valence-electron chi connectivity index (χ3n) is 3.93. The number of benzene rings is 1. The molecule has 1 aromatic rings. The van der Waals surface area contributed by atoms with Crippen LogP contribution in [0.15, 0.2) is 18.2 Å². The van der Waals surface area contributed by atoms with Gasteiger partial charge in [-0.05, 0) is 38.8 Å². The monoisotopic (exact) mass is 260 g/mol. The minimum Gasteiger partial charge on any atom is -0.350 e. The summed E-state index contributed by atoms with van der Waals surface area (Å²) in [6.45, 7) is 4.60. The lowest BCUT2D eigenvalue weighted by Gasteiger charge is -2.33. The molecule has 1 fully saturated rings. The highest BCUT2D eigenvalue weighted by Gasteiger charge is 2.27. The number of rotatable bonds is 3. The number of nitrogens with one attached hydrogen (secondary N) is 1. The molecule has 0 saturated heterocycles. The topological polar surface area (TPSA) is 55.1 Å². The van der Waals surface area contributed by atoms with E-state index >= 15 is 0 Å². The van der Waals surface area contributed by atoms with Gasteiger partial charge >= 0.3 is 0 Å². The van der Waals surface area contributed by atoms with E-state index in [1.54, 1.807) is 0 Å². The van der Waals surface area contributed by atoms with Gasteiger partial charge in [0, 0.05) is 17.6 Å². The standard InChI is InChI=1S/C16H24N2O/c1-12-8-13(2)10-14(9-12)15(19)18-11-16(17)6-4-3-5-7-16/h8-10H,3-7,11,17H2,1-2H3,(H,18,19). The van der Waals surface area contributed by atoms with Crippen molar-refractivity contribution in [2.24, 2.45) is 5.73 Å². The van der Waals surface area contributed by atoms with Crippen LogP contribution in [0.1, 0.15) is 53.6 Å². The Labute approximate surface area is 115 Å². The summed E-state index contributed by atoms with van der Waals surface area (Å²) in [4.78, 5) is 12.2. The summed E-state index contributed by atoms with van der Waals surface area (Å²) < 4.78 is 0. The minimum atomic E-state index is -0.202. The maximum Gasteiger partial charge on any atom is 0.251 e. The van der Waals surface area contributed by atoms with E-state index in [4.69, 9.17) is 5.73 Å². The van der Waals surface area contributed by atoms with Crippen molar-refractivity contribution in [2.45, 2.75) is 51.5 Å². The van der Waals surface area contributed by atoms with Gasteiger partial charge in [-0.25, -0.2) is 0 Å². The highest BCUT2D eigenvalue weighted by Crippen LogP contribution is 2.25. The summed E-state index contributed by atoms with van der Waals surface area (Å²) in [6.07, 6.45) is 5.65. The molecule has 3 heteroatoms. The van der Waals surface area contributed by atoms with E-state index in [1.165, 1.54) is 19.3 Å². The second-order valence-corrected chi connectivity index (χ2v) is 5.98. The quantitative estimate of drug-likeness (QED) is 0.878. The summed E-state index contributed by atoms with van der Waals surface area (Å²) in [5.74, 6) is -0.0119. The van der Waals surface area contributed by atoms with Crippen molar-refractivity contribution >= 4 is 5.91 Å². The van der Waals surface area contributed by atoms with Crippen molar-refractivity contribution in [1.29, 1.82) is 0 Å². The molecule has 0 spiro atoms. The van der Waals surface area contributed by atoms with Gasteiger partial charge in [0.2, 0.25) is 0 Å². The molecule has 19 heavy (non-hydrogen) atoms. The van der Waals surface area contributed by atoms with Crippen molar-refractivity contribution in [3.8, 4) is 0 Å². The number of amides is 1. The molecule has 0 radical (unpaired) electrons. The van der Waals surface area contributed by atoms with Crippen molar-refractivity contribution in [3.05, 3.63) is 34.9 Å². The third kappa shape index (κ3) is 3.80. The average molecular weight is 260 g/mol. The van der Waals surface area contributed by atoms with Gasteiger partial charge in [0.15, 0.2) is 0 Å². The molecule has 3 nitrogen and oxygen atoms in total. The fourth-order valence-electron chi connectivity index (χ4n) is 2.90. The van der Waals surface area contributed by atoms with Gasteiger partial charge in [0.25, 0.3) is 5.91 Å². The zero-order chi connectivity index (χ0) is 13.9. The van der Waals surface area contributed by atoms with Gasteiger partial charge in [0.05, 0.1) is 0 Å². The van der Waals surface area contributed by atoms with E-state index in [-0.39, 0.29) is 11.4 Å². The van der Waals surface area contributed by atoms with Gasteiger partial charge in [0.1, 0.15) is 0 Å². The molecule has 0 aliphatic heterocycles. The summed E-state index contributed by atoms with van der Waals surface area (Å²) >= 11 is 0. The Hall–Kier alpha value is -1.35. The molecule has 0 bridgehead atoms. The van der Waals surface area contributed by atoms with Crippen LogP contribution >= 0.6 is 0 Å². The maximum absolute atomic E-state index is 12.2. The Morgan fingerprint density at radius 2 is 1.74 bits per heavy atom. The molecule has 1 aromatic carbocycles. The van der Waals surface area contributed by atoms with Crippen LogP contribution in [0.5, 0.6) is 0 Å². The highest BCUT2D eigenvalue weighted by molar-refractivity contribution is 5.94. The SMILES string of the molecule is Cc1cc(C)cc(C(=O)NCC2(N)CCCCC2)c1. The van der Waals surface area contributed by atoms with E-state index < -0.39 is 0 Å². The Bertz CT molecular complexity index is 442. The Kier molecular flexibility index (Phi) is 4.25. The second kappa shape index (κ2) is 5.74. The van der Waals surface area contributed by atoms with Crippen LogP contribution in [0.2, 0.25) is 0 Å². The Morgan fingerprint density at radius 3 is 2.32 bits per heavy atom. The first kappa shape index (κ1) is 14.1. The fraction of sp³-hybridized carbons (Fsp3) is 0.562. The smallest absolute Gasteiger partial charge is 0.251 e. The van der Waals surface area contributed by atoms with Crippen LogP contribution in [0.25, 0.3) is 0 Å². The third-order valence-corrected chi connectivity index (χ3v) is 3.93. The van der Waals surface area contributed by atoms with Crippen molar-refractivity contribution in [1.82, 2.24) is 5.32 Å². The lowest BCUT2D eigenvalue weighted by atomic mass is 9.82. The van der Waals surface area contributed by atoms with E-state index in [1.807, 2.05) is 26.0 Å². The lowest BCUT2D eigenvalue weighted by Crippen LogP contribution is -2.51. The summed E-state index contributed by atoms with van der Waals surface area (Å²) in [5.41, 5.74) is 9.09. The zero-order valence-corrected chi connectivity index (χ0v) is 12.0. The van der Waals surface area contributed by atoms with E-state index in [0.29, 0.717) is 6.54 Å². The highest BCUT2D eigenvalue weighted by atomic mass is 16.1. The van der Waals surface area contributed by atoms with Gasteiger partial charge in [-0.1, -0.05) is 36.5 Å². The molecular weight excluding hydrogens is 236 g/mol. The molecule has 1 saturated carbocycles. The number of aryl methyl sites for hydroxylation is 2. The molecule has 3 N–H and O–H groups in total. The van der Waals surface area contributed by atoms with Crippen LogP contribution in [0.3, 0.4) is 0 Å². The summed E-state index contributed by atoms with van der Waals surface area (Å²) in [7, 11) is 0. The molecule has 104 valence electrons. The van der Waals surface area contributed by atoms with Gasteiger partial charge in [-0.2, -0.15) is 0 Å². The molecule has 1 amide bonds. The fourth-order valence-corrected chi connectivity index (χ4v) is 2.90. The number of hydrogen-bond donors (Lipinski definition) is 2. The van der Waals surface area contributed by atoms with Crippen molar-refractivity contribution in [3.63, 3.8) is 0 Å². The van der Waals surface area contributed by atoms with Crippen LogP contribution < -0.4 is 11.1 Å². The largest absolute Gasteiger partial charge is 0.350 e. The summed E-state index contributed by atoms with van der Waals surface area (Å²) in [6, 6.07) is 5.92. The first-order valence-electron chi connectivity index (χ1n) is 7.14. The molecule has 0 atom stereocenters. The number of carbonyl (C=O) groups excluding carboxylic acids is 1. The molecule has 0 aromatic heterocycles. The number of hydrogen-bond acceptors (Lipinski definition) is 2. The molecular formula is C16H24N2O. The Balaban J connectivity index is 1.97. The van der Waals surface area contributed by atoms with Gasteiger partial charge < -0.3 is 11.1 Å². The number of nitrogens with two attached hydrogens (primary N) is 1. The van der Waals surface area contributed by atoms with E-state index in [2.05, 4.69) is 11.4 Å². The normalized spacial score (nSPS) is 18.1.